The van der Waals surface area contributed by atoms with Gasteiger partial charge in [-0.15, -0.1) is 6.58 Å². The van der Waals surface area contributed by atoms with Gasteiger partial charge in [-0.25, -0.2) is 4.79 Å². The summed E-state index contributed by atoms with van der Waals surface area (Å²) in [5.41, 5.74) is 2.30. The van der Waals surface area contributed by atoms with E-state index in [-0.39, 0.29) is 17.7 Å². The Bertz CT molecular complexity index is 538. The normalized spacial score (nSPS) is 12.6. The molecule has 0 aliphatic rings. The number of carboxylic acid groups (broad SMARTS) is 1. The van der Waals surface area contributed by atoms with Gasteiger partial charge in [-0.05, 0) is 36.5 Å². The maximum absolute atomic E-state index is 12.1. The zero-order valence-electron chi connectivity index (χ0n) is 13.1. The average molecular weight is 289 g/mol. The molecule has 1 aromatic carbocycles. The SMILES string of the molecule is C=C(C)C[C@@H](NC(=O)c1ccc(C(C)(C)C)cc1)C(=O)O. The molecule has 0 unspecified atom stereocenters. The third-order valence-electron chi connectivity index (χ3n) is 3.17. The van der Waals surface area contributed by atoms with Gasteiger partial charge in [-0.2, -0.15) is 0 Å². The highest BCUT2D eigenvalue weighted by molar-refractivity contribution is 5.96. The van der Waals surface area contributed by atoms with Crippen LogP contribution in [0.15, 0.2) is 36.4 Å². The minimum atomic E-state index is -1.06. The summed E-state index contributed by atoms with van der Waals surface area (Å²) in [4.78, 5) is 23.2. The van der Waals surface area contributed by atoms with Gasteiger partial charge in [-0.3, -0.25) is 4.79 Å². The Balaban J connectivity index is 2.83. The van der Waals surface area contributed by atoms with Gasteiger partial charge in [0.1, 0.15) is 6.04 Å². The second-order valence-electron chi connectivity index (χ2n) is 6.35. The molecule has 0 heterocycles. The monoisotopic (exact) mass is 289 g/mol. The third kappa shape index (κ3) is 5.06. The number of nitrogens with one attached hydrogen (secondary N) is 1. The number of aliphatic carboxylic acids is 1. The molecule has 0 fully saturated rings. The van der Waals surface area contributed by atoms with Crippen LogP contribution < -0.4 is 5.32 Å². The lowest BCUT2D eigenvalue weighted by Gasteiger charge is -2.19. The van der Waals surface area contributed by atoms with Crippen molar-refractivity contribution in [3.63, 3.8) is 0 Å². The number of hydrogen-bond donors (Lipinski definition) is 2. The van der Waals surface area contributed by atoms with Gasteiger partial charge in [0.05, 0.1) is 0 Å². The molecule has 0 saturated heterocycles. The van der Waals surface area contributed by atoms with Crippen molar-refractivity contribution in [2.75, 3.05) is 0 Å². The van der Waals surface area contributed by atoms with Crippen LogP contribution in [0.2, 0.25) is 0 Å². The van der Waals surface area contributed by atoms with Gasteiger partial charge in [0.15, 0.2) is 0 Å². The van der Waals surface area contributed by atoms with Crippen LogP contribution in [-0.4, -0.2) is 23.0 Å². The highest BCUT2D eigenvalue weighted by Crippen LogP contribution is 2.22. The Morgan fingerprint density at radius 3 is 2.14 bits per heavy atom. The molecular weight excluding hydrogens is 266 g/mol. The van der Waals surface area contributed by atoms with Gasteiger partial charge in [0, 0.05) is 5.56 Å². The molecular formula is C17H23NO3. The standard InChI is InChI=1S/C17H23NO3/c1-11(2)10-14(16(20)21)18-15(19)12-6-8-13(9-7-12)17(3,4)5/h6-9,14H,1,10H2,2-5H3,(H,18,19)(H,20,21)/t14-/m1/s1. The van der Waals surface area contributed by atoms with Crippen LogP contribution in [0.1, 0.15) is 50.0 Å². The molecule has 4 heteroatoms. The van der Waals surface area contributed by atoms with Crippen LogP contribution in [0.3, 0.4) is 0 Å². The van der Waals surface area contributed by atoms with E-state index in [0.717, 1.165) is 5.56 Å². The minimum Gasteiger partial charge on any atom is -0.480 e. The van der Waals surface area contributed by atoms with E-state index in [1.54, 1.807) is 19.1 Å². The number of hydrogen-bond acceptors (Lipinski definition) is 2. The molecule has 0 aromatic heterocycles. The van der Waals surface area contributed by atoms with E-state index in [2.05, 4.69) is 32.7 Å². The van der Waals surface area contributed by atoms with Crippen molar-refractivity contribution < 1.29 is 14.7 Å². The molecule has 1 amide bonds. The van der Waals surface area contributed by atoms with Gasteiger partial charge < -0.3 is 10.4 Å². The second-order valence-corrected chi connectivity index (χ2v) is 6.35. The van der Waals surface area contributed by atoms with Crippen LogP contribution in [0, 0.1) is 0 Å². The molecule has 114 valence electrons. The molecule has 0 aliphatic carbocycles. The first-order chi connectivity index (χ1) is 9.61. The molecule has 2 N–H and O–H groups in total. The number of carbonyl (C=O) groups is 2. The first-order valence-corrected chi connectivity index (χ1v) is 6.90. The highest BCUT2D eigenvalue weighted by atomic mass is 16.4. The van der Waals surface area contributed by atoms with Crippen molar-refractivity contribution in [2.45, 2.75) is 45.6 Å². The van der Waals surface area contributed by atoms with E-state index >= 15 is 0 Å². The predicted octanol–water partition coefficient (Wildman–Crippen LogP) is 3.13. The van der Waals surface area contributed by atoms with Crippen molar-refractivity contribution >= 4 is 11.9 Å². The molecule has 1 rings (SSSR count). The number of benzene rings is 1. The molecule has 0 radical (unpaired) electrons. The smallest absolute Gasteiger partial charge is 0.326 e. The average Bonchev–Trinajstić information content (AvgIpc) is 2.36. The van der Waals surface area contributed by atoms with E-state index in [4.69, 9.17) is 5.11 Å². The molecule has 0 saturated carbocycles. The number of carbonyl (C=O) groups excluding carboxylic acids is 1. The fraction of sp³-hybridized carbons (Fsp3) is 0.412. The Morgan fingerprint density at radius 2 is 1.76 bits per heavy atom. The number of carboxylic acids is 1. The van der Waals surface area contributed by atoms with E-state index in [1.165, 1.54) is 0 Å². The Hall–Kier alpha value is -2.10. The summed E-state index contributed by atoms with van der Waals surface area (Å²) in [5, 5.41) is 11.6. The molecule has 1 atom stereocenters. The van der Waals surface area contributed by atoms with Crippen LogP contribution in [-0.2, 0) is 10.2 Å². The second kappa shape index (κ2) is 6.57. The zero-order chi connectivity index (χ0) is 16.2. The Labute approximate surface area is 125 Å². The fourth-order valence-corrected chi connectivity index (χ4v) is 1.91. The molecule has 0 bridgehead atoms. The van der Waals surface area contributed by atoms with Crippen LogP contribution in [0.25, 0.3) is 0 Å². The molecule has 0 spiro atoms. The molecule has 4 nitrogen and oxygen atoms in total. The zero-order valence-corrected chi connectivity index (χ0v) is 13.1. The van der Waals surface area contributed by atoms with E-state index < -0.39 is 12.0 Å². The van der Waals surface area contributed by atoms with Crippen molar-refractivity contribution in [3.05, 3.63) is 47.5 Å². The third-order valence-corrected chi connectivity index (χ3v) is 3.17. The Kier molecular flexibility index (Phi) is 5.30. The van der Waals surface area contributed by atoms with E-state index in [0.29, 0.717) is 11.1 Å². The topological polar surface area (TPSA) is 66.4 Å². The Morgan fingerprint density at radius 1 is 1.24 bits per heavy atom. The lowest BCUT2D eigenvalue weighted by atomic mass is 9.86. The summed E-state index contributed by atoms with van der Waals surface area (Å²) in [6.07, 6.45) is 0.223. The van der Waals surface area contributed by atoms with Crippen LogP contribution in [0.5, 0.6) is 0 Å². The first-order valence-electron chi connectivity index (χ1n) is 6.90. The van der Waals surface area contributed by atoms with Crippen LogP contribution >= 0.6 is 0 Å². The van der Waals surface area contributed by atoms with Crippen molar-refractivity contribution in [1.82, 2.24) is 5.32 Å². The predicted molar refractivity (Wildman–Crippen MR) is 83.5 cm³/mol. The largest absolute Gasteiger partial charge is 0.480 e. The van der Waals surface area contributed by atoms with E-state index in [1.807, 2.05) is 12.1 Å². The van der Waals surface area contributed by atoms with Crippen LogP contribution in [0.4, 0.5) is 0 Å². The summed E-state index contributed by atoms with van der Waals surface area (Å²) >= 11 is 0. The lowest BCUT2D eigenvalue weighted by Crippen LogP contribution is -2.40. The summed E-state index contributed by atoms with van der Waals surface area (Å²) in [6.45, 7) is 11.7. The van der Waals surface area contributed by atoms with Crippen molar-refractivity contribution in [1.29, 1.82) is 0 Å². The summed E-state index contributed by atoms with van der Waals surface area (Å²) in [7, 11) is 0. The van der Waals surface area contributed by atoms with Gasteiger partial charge in [0.2, 0.25) is 0 Å². The van der Waals surface area contributed by atoms with Crippen molar-refractivity contribution in [2.24, 2.45) is 0 Å². The van der Waals surface area contributed by atoms with Crippen molar-refractivity contribution in [3.8, 4) is 0 Å². The summed E-state index contributed by atoms with van der Waals surface area (Å²) < 4.78 is 0. The quantitative estimate of drug-likeness (QED) is 0.818. The lowest BCUT2D eigenvalue weighted by molar-refractivity contribution is -0.139. The van der Waals surface area contributed by atoms with Gasteiger partial charge in [0.25, 0.3) is 5.91 Å². The maximum atomic E-state index is 12.1. The first kappa shape index (κ1) is 17.0. The summed E-state index contributed by atoms with van der Waals surface area (Å²) in [5.74, 6) is -1.44. The number of amides is 1. The highest BCUT2D eigenvalue weighted by Gasteiger charge is 2.21. The summed E-state index contributed by atoms with van der Waals surface area (Å²) in [6, 6.07) is 6.27. The van der Waals surface area contributed by atoms with E-state index in [9.17, 15) is 9.59 Å². The fourth-order valence-electron chi connectivity index (χ4n) is 1.91. The van der Waals surface area contributed by atoms with Gasteiger partial charge in [-0.1, -0.05) is 38.5 Å². The molecule has 1 aromatic rings. The molecule has 0 aliphatic heterocycles. The van der Waals surface area contributed by atoms with Gasteiger partial charge >= 0.3 is 5.97 Å². The molecule has 21 heavy (non-hydrogen) atoms. The maximum Gasteiger partial charge on any atom is 0.326 e. The number of rotatable bonds is 5. The minimum absolute atomic E-state index is 0.0125.